The van der Waals surface area contributed by atoms with Crippen LogP contribution >= 0.6 is 11.8 Å². The average molecular weight is 378 g/mol. The average Bonchev–Trinajstić information content (AvgIpc) is 2.53. The number of esters is 2. The highest BCUT2D eigenvalue weighted by Crippen LogP contribution is 2.25. The zero-order valence-corrected chi connectivity index (χ0v) is 15.4. The lowest BCUT2D eigenvalue weighted by molar-refractivity contribution is -0.150. The van der Waals surface area contributed by atoms with Gasteiger partial charge in [0.1, 0.15) is 10.5 Å². The lowest BCUT2D eigenvalue weighted by Gasteiger charge is -2.18. The second kappa shape index (κ2) is 13.5. The molecule has 2 atom stereocenters. The summed E-state index contributed by atoms with van der Waals surface area (Å²) in [6.45, 7) is 4.22. The number of hydrogen-bond donors (Lipinski definition) is 2. The van der Waals surface area contributed by atoms with Crippen LogP contribution in [0.4, 0.5) is 0 Å². The standard InChI is InChI=1S/C16H26O8S/c1-3-5-7-23-14(19)10-12(16(22)24-8-6-4-2)25-11(15(20)21)9-13(17)18/h11-12H,3-10H2,1-2H3,(H,17,18)(H,20,21). The summed E-state index contributed by atoms with van der Waals surface area (Å²) in [7, 11) is 0. The van der Waals surface area contributed by atoms with Crippen molar-refractivity contribution in [3.8, 4) is 0 Å². The van der Waals surface area contributed by atoms with Crippen molar-refractivity contribution >= 4 is 35.6 Å². The number of carbonyl (C=O) groups is 4. The predicted molar refractivity (Wildman–Crippen MR) is 91.4 cm³/mol. The first-order valence-electron chi connectivity index (χ1n) is 8.24. The SMILES string of the molecule is CCCCOC(=O)CC(SC(CC(=O)O)C(=O)O)C(=O)OCCCC. The summed E-state index contributed by atoms with van der Waals surface area (Å²) in [4.78, 5) is 46.0. The van der Waals surface area contributed by atoms with Crippen molar-refractivity contribution in [2.24, 2.45) is 0 Å². The normalized spacial score (nSPS) is 12.9. The number of hydrogen-bond acceptors (Lipinski definition) is 7. The van der Waals surface area contributed by atoms with Crippen LogP contribution in [-0.4, -0.2) is 57.8 Å². The third-order valence-electron chi connectivity index (χ3n) is 3.08. The van der Waals surface area contributed by atoms with E-state index in [9.17, 15) is 19.2 Å². The van der Waals surface area contributed by atoms with Crippen LogP contribution in [0.1, 0.15) is 52.4 Å². The number of unbranched alkanes of at least 4 members (excludes halogenated alkanes) is 2. The van der Waals surface area contributed by atoms with Gasteiger partial charge in [-0.15, -0.1) is 11.8 Å². The van der Waals surface area contributed by atoms with Gasteiger partial charge in [0.25, 0.3) is 0 Å². The van der Waals surface area contributed by atoms with E-state index in [-0.39, 0.29) is 19.6 Å². The second-order valence-electron chi connectivity index (χ2n) is 5.35. The molecule has 2 unspecified atom stereocenters. The predicted octanol–water partition coefficient (Wildman–Crippen LogP) is 2.09. The van der Waals surface area contributed by atoms with Crippen molar-refractivity contribution in [2.75, 3.05) is 13.2 Å². The Kier molecular flexibility index (Phi) is 12.6. The van der Waals surface area contributed by atoms with E-state index in [2.05, 4.69) is 0 Å². The monoisotopic (exact) mass is 378 g/mol. The van der Waals surface area contributed by atoms with Crippen LogP contribution < -0.4 is 0 Å². The molecule has 0 aromatic heterocycles. The molecule has 8 nitrogen and oxygen atoms in total. The van der Waals surface area contributed by atoms with E-state index in [1.54, 1.807) is 0 Å². The number of thioether (sulfide) groups is 1. The van der Waals surface area contributed by atoms with Crippen LogP contribution in [0.15, 0.2) is 0 Å². The second-order valence-corrected chi connectivity index (χ2v) is 6.76. The van der Waals surface area contributed by atoms with Gasteiger partial charge in [-0.2, -0.15) is 0 Å². The fourth-order valence-corrected chi connectivity index (χ4v) is 2.85. The minimum absolute atomic E-state index is 0.161. The maximum absolute atomic E-state index is 12.1. The van der Waals surface area contributed by atoms with Crippen molar-refractivity contribution < 1.29 is 38.9 Å². The van der Waals surface area contributed by atoms with Crippen LogP contribution in [0.3, 0.4) is 0 Å². The summed E-state index contributed by atoms with van der Waals surface area (Å²) >= 11 is 0.604. The summed E-state index contributed by atoms with van der Waals surface area (Å²) in [6.07, 6.45) is 1.94. The number of carboxylic acid groups (broad SMARTS) is 2. The van der Waals surface area contributed by atoms with Gasteiger partial charge in [0.2, 0.25) is 0 Å². The Morgan fingerprint density at radius 3 is 1.92 bits per heavy atom. The maximum Gasteiger partial charge on any atom is 0.319 e. The van der Waals surface area contributed by atoms with Gasteiger partial charge in [0, 0.05) is 0 Å². The van der Waals surface area contributed by atoms with Crippen LogP contribution in [0.25, 0.3) is 0 Å². The summed E-state index contributed by atoms with van der Waals surface area (Å²) < 4.78 is 10.0. The molecular weight excluding hydrogens is 352 g/mol. The molecule has 0 amide bonds. The molecule has 0 aliphatic rings. The summed E-state index contributed by atoms with van der Waals surface area (Å²) in [6, 6.07) is 0. The van der Waals surface area contributed by atoms with Gasteiger partial charge in [-0.1, -0.05) is 26.7 Å². The highest BCUT2D eigenvalue weighted by molar-refractivity contribution is 8.01. The lowest BCUT2D eigenvalue weighted by Crippen LogP contribution is -2.31. The Bertz CT molecular complexity index is 451. The van der Waals surface area contributed by atoms with E-state index >= 15 is 0 Å². The van der Waals surface area contributed by atoms with Crippen LogP contribution in [0.5, 0.6) is 0 Å². The van der Waals surface area contributed by atoms with E-state index in [0.717, 1.165) is 12.8 Å². The van der Waals surface area contributed by atoms with Gasteiger partial charge in [-0.05, 0) is 12.8 Å². The molecule has 0 saturated carbocycles. The first kappa shape index (κ1) is 23.2. The minimum atomic E-state index is -1.36. The van der Waals surface area contributed by atoms with E-state index in [0.29, 0.717) is 24.6 Å². The third kappa shape index (κ3) is 11.4. The van der Waals surface area contributed by atoms with Crippen molar-refractivity contribution in [1.29, 1.82) is 0 Å². The minimum Gasteiger partial charge on any atom is -0.481 e. The zero-order valence-electron chi connectivity index (χ0n) is 14.6. The molecule has 144 valence electrons. The van der Waals surface area contributed by atoms with E-state index in [1.165, 1.54) is 0 Å². The van der Waals surface area contributed by atoms with E-state index in [1.807, 2.05) is 13.8 Å². The van der Waals surface area contributed by atoms with Gasteiger partial charge >= 0.3 is 23.9 Å². The number of aliphatic carboxylic acids is 2. The Hall–Kier alpha value is -1.77. The smallest absolute Gasteiger partial charge is 0.319 e. The molecule has 2 N–H and O–H groups in total. The summed E-state index contributed by atoms with van der Waals surface area (Å²) in [5, 5.41) is 15.4. The molecular formula is C16H26O8S. The molecule has 0 aromatic carbocycles. The van der Waals surface area contributed by atoms with Gasteiger partial charge in [0.05, 0.1) is 26.1 Å². The summed E-state index contributed by atoms with van der Waals surface area (Å²) in [5.41, 5.74) is 0. The van der Waals surface area contributed by atoms with Gasteiger partial charge in [-0.25, -0.2) is 0 Å². The molecule has 0 aliphatic carbocycles. The molecule has 0 saturated heterocycles. The van der Waals surface area contributed by atoms with Crippen molar-refractivity contribution in [1.82, 2.24) is 0 Å². The largest absolute Gasteiger partial charge is 0.481 e. The van der Waals surface area contributed by atoms with Gasteiger partial charge in [-0.3, -0.25) is 19.2 Å². The molecule has 0 rings (SSSR count). The molecule has 0 bridgehead atoms. The first-order valence-corrected chi connectivity index (χ1v) is 9.18. The van der Waals surface area contributed by atoms with E-state index < -0.39 is 40.8 Å². The highest BCUT2D eigenvalue weighted by atomic mass is 32.2. The number of carbonyl (C=O) groups excluding carboxylic acids is 2. The fourth-order valence-electron chi connectivity index (χ4n) is 1.69. The Morgan fingerprint density at radius 1 is 0.880 bits per heavy atom. The van der Waals surface area contributed by atoms with Crippen LogP contribution in [0, 0.1) is 0 Å². The zero-order chi connectivity index (χ0) is 19.2. The molecule has 0 fully saturated rings. The molecule has 0 radical (unpaired) electrons. The quantitative estimate of drug-likeness (QED) is 0.345. The number of ether oxygens (including phenoxy) is 2. The van der Waals surface area contributed by atoms with Crippen LogP contribution in [-0.2, 0) is 28.7 Å². The Morgan fingerprint density at radius 2 is 1.44 bits per heavy atom. The van der Waals surface area contributed by atoms with Gasteiger partial charge in [0.15, 0.2) is 0 Å². The number of rotatable bonds is 14. The number of carboxylic acids is 2. The van der Waals surface area contributed by atoms with Crippen molar-refractivity contribution in [3.63, 3.8) is 0 Å². The van der Waals surface area contributed by atoms with E-state index in [4.69, 9.17) is 19.7 Å². The van der Waals surface area contributed by atoms with Crippen molar-refractivity contribution in [2.45, 2.75) is 62.9 Å². The first-order chi connectivity index (χ1) is 11.8. The fraction of sp³-hybridized carbons (Fsp3) is 0.750. The molecule has 25 heavy (non-hydrogen) atoms. The highest BCUT2D eigenvalue weighted by Gasteiger charge is 2.32. The van der Waals surface area contributed by atoms with Crippen LogP contribution in [0.2, 0.25) is 0 Å². The molecule has 0 aliphatic heterocycles. The summed E-state index contributed by atoms with van der Waals surface area (Å²) in [5.74, 6) is -4.04. The van der Waals surface area contributed by atoms with Crippen molar-refractivity contribution in [3.05, 3.63) is 0 Å². The molecule has 0 spiro atoms. The third-order valence-corrected chi connectivity index (χ3v) is 4.47. The molecule has 0 aromatic rings. The lowest BCUT2D eigenvalue weighted by atomic mass is 10.3. The Labute approximate surface area is 151 Å². The maximum atomic E-state index is 12.1. The van der Waals surface area contributed by atoms with Gasteiger partial charge < -0.3 is 19.7 Å². The topological polar surface area (TPSA) is 127 Å². The molecule has 9 heteroatoms. The molecule has 0 heterocycles. The Balaban J connectivity index is 4.90.